The van der Waals surface area contributed by atoms with Crippen molar-refractivity contribution in [3.05, 3.63) is 34.7 Å². The number of benzene rings is 1. The van der Waals surface area contributed by atoms with Crippen molar-refractivity contribution >= 4 is 17.4 Å². The Bertz CT molecular complexity index is 591. The molecule has 108 valence electrons. The van der Waals surface area contributed by atoms with Gasteiger partial charge in [0.25, 0.3) is 0 Å². The Hall–Kier alpha value is -1.89. The van der Waals surface area contributed by atoms with Gasteiger partial charge in [0, 0.05) is 18.0 Å². The molecule has 0 saturated carbocycles. The number of aromatic nitrogens is 3. The number of nitrogens with one attached hydrogen (secondary N) is 1. The first kappa shape index (κ1) is 14.5. The Morgan fingerprint density at radius 1 is 1.40 bits per heavy atom. The van der Waals surface area contributed by atoms with E-state index in [1.54, 1.807) is 16.7 Å². The van der Waals surface area contributed by atoms with E-state index in [4.69, 9.17) is 10.5 Å². The van der Waals surface area contributed by atoms with Crippen LogP contribution in [-0.4, -0.2) is 27.1 Å². The van der Waals surface area contributed by atoms with Crippen LogP contribution in [0.1, 0.15) is 13.3 Å². The molecule has 0 radical (unpaired) electrons. The second-order valence-corrected chi connectivity index (χ2v) is 5.29. The Morgan fingerprint density at radius 2 is 2.15 bits per heavy atom. The minimum absolute atomic E-state index is 0.159. The van der Waals surface area contributed by atoms with Crippen LogP contribution in [0.5, 0.6) is 5.75 Å². The average Bonchev–Trinajstić information content (AvgIpc) is 2.79. The van der Waals surface area contributed by atoms with Crippen molar-refractivity contribution in [2.24, 2.45) is 0 Å². The summed E-state index contributed by atoms with van der Waals surface area (Å²) >= 11 is 1.50. The molecule has 1 heterocycles. The number of nitrogens with zero attached hydrogens (tertiary/aromatic N) is 2. The molecule has 2 aromatic rings. The highest BCUT2D eigenvalue weighted by atomic mass is 32.2. The van der Waals surface area contributed by atoms with E-state index in [-0.39, 0.29) is 5.69 Å². The van der Waals surface area contributed by atoms with Crippen molar-refractivity contribution in [1.82, 2.24) is 14.8 Å². The third-order valence-corrected chi connectivity index (χ3v) is 3.57. The lowest BCUT2D eigenvalue weighted by Crippen LogP contribution is -2.17. The van der Waals surface area contributed by atoms with Gasteiger partial charge in [0.2, 0.25) is 0 Å². The lowest BCUT2D eigenvalue weighted by molar-refractivity contribution is 0.344. The van der Waals surface area contributed by atoms with Gasteiger partial charge in [0.15, 0.2) is 5.16 Å². The summed E-state index contributed by atoms with van der Waals surface area (Å²) in [4.78, 5) is 11.5. The summed E-state index contributed by atoms with van der Waals surface area (Å²) in [7, 11) is 0. The quantitative estimate of drug-likeness (QED) is 0.461. The number of nitrogens with two attached hydrogens (primary N) is 1. The van der Waals surface area contributed by atoms with Gasteiger partial charge in [-0.15, -0.1) is 5.10 Å². The molecular formula is C13H18N4O2S. The van der Waals surface area contributed by atoms with Crippen LogP contribution in [0.25, 0.3) is 0 Å². The van der Waals surface area contributed by atoms with Gasteiger partial charge in [-0.05, 0) is 30.7 Å². The van der Waals surface area contributed by atoms with Crippen molar-refractivity contribution in [2.45, 2.75) is 25.0 Å². The molecule has 0 amide bonds. The highest BCUT2D eigenvalue weighted by Gasteiger charge is 2.07. The first-order valence-corrected chi connectivity index (χ1v) is 7.45. The molecule has 0 unspecified atom stereocenters. The first-order valence-electron chi connectivity index (χ1n) is 6.47. The molecule has 0 atom stereocenters. The lowest BCUT2D eigenvalue weighted by atomic mass is 10.3. The second kappa shape index (κ2) is 7.04. The van der Waals surface area contributed by atoms with Crippen LogP contribution in [0.4, 0.5) is 5.69 Å². The molecular weight excluding hydrogens is 276 g/mol. The van der Waals surface area contributed by atoms with Crippen LogP contribution in [0.2, 0.25) is 0 Å². The summed E-state index contributed by atoms with van der Waals surface area (Å²) in [6, 6.07) is 7.27. The molecule has 0 aliphatic carbocycles. The molecule has 20 heavy (non-hydrogen) atoms. The van der Waals surface area contributed by atoms with E-state index in [9.17, 15) is 4.79 Å². The summed E-state index contributed by atoms with van der Waals surface area (Å²) < 4.78 is 7.23. The number of anilines is 1. The molecule has 0 fully saturated rings. The number of thioether (sulfide) groups is 1. The van der Waals surface area contributed by atoms with Crippen LogP contribution in [0, 0.1) is 0 Å². The summed E-state index contributed by atoms with van der Waals surface area (Å²) in [5, 5.41) is 7.18. The van der Waals surface area contributed by atoms with E-state index >= 15 is 0 Å². The third kappa shape index (κ3) is 3.80. The predicted molar refractivity (Wildman–Crippen MR) is 80.2 cm³/mol. The largest absolute Gasteiger partial charge is 0.493 e. The molecule has 7 heteroatoms. The van der Waals surface area contributed by atoms with Crippen molar-refractivity contribution < 1.29 is 4.74 Å². The number of nitrogen functional groups attached to an aromatic ring is 1. The number of H-pyrrole nitrogens is 1. The van der Waals surface area contributed by atoms with Crippen LogP contribution in [0.15, 0.2) is 34.2 Å². The zero-order valence-corrected chi connectivity index (χ0v) is 12.2. The predicted octanol–water partition coefficient (Wildman–Crippen LogP) is 1.73. The molecule has 1 aromatic carbocycles. The van der Waals surface area contributed by atoms with E-state index in [1.165, 1.54) is 11.8 Å². The van der Waals surface area contributed by atoms with E-state index in [0.29, 0.717) is 24.0 Å². The first-order chi connectivity index (χ1) is 9.70. The molecule has 6 nitrogen and oxygen atoms in total. The number of ether oxygens (including phenoxy) is 1. The molecule has 0 aliphatic heterocycles. The fourth-order valence-corrected chi connectivity index (χ4v) is 2.48. The van der Waals surface area contributed by atoms with Crippen LogP contribution < -0.4 is 16.2 Å². The SMILES string of the molecule is CCCn1c(SCCOc2ccc(N)cc2)n[nH]c1=O. The minimum Gasteiger partial charge on any atom is -0.493 e. The normalized spacial score (nSPS) is 10.7. The topological polar surface area (TPSA) is 85.9 Å². The van der Waals surface area contributed by atoms with Crippen molar-refractivity contribution in [2.75, 3.05) is 18.1 Å². The lowest BCUT2D eigenvalue weighted by Gasteiger charge is -2.06. The van der Waals surface area contributed by atoms with Crippen LogP contribution in [-0.2, 0) is 6.54 Å². The van der Waals surface area contributed by atoms with Crippen LogP contribution >= 0.6 is 11.8 Å². The van der Waals surface area contributed by atoms with E-state index in [0.717, 1.165) is 17.9 Å². The highest BCUT2D eigenvalue weighted by Crippen LogP contribution is 2.16. The summed E-state index contributed by atoms with van der Waals surface area (Å²) in [5.41, 5.74) is 6.16. The Labute approximate surface area is 121 Å². The molecule has 0 bridgehead atoms. The van der Waals surface area contributed by atoms with E-state index in [2.05, 4.69) is 10.2 Å². The molecule has 1 aromatic heterocycles. The van der Waals surface area contributed by atoms with Gasteiger partial charge in [-0.2, -0.15) is 0 Å². The van der Waals surface area contributed by atoms with Gasteiger partial charge in [0.05, 0.1) is 6.61 Å². The Morgan fingerprint density at radius 3 is 2.85 bits per heavy atom. The van der Waals surface area contributed by atoms with Gasteiger partial charge in [0.1, 0.15) is 5.75 Å². The fourth-order valence-electron chi connectivity index (χ4n) is 1.69. The van der Waals surface area contributed by atoms with Crippen molar-refractivity contribution in [1.29, 1.82) is 0 Å². The zero-order valence-electron chi connectivity index (χ0n) is 11.3. The maximum atomic E-state index is 11.5. The van der Waals surface area contributed by atoms with Crippen LogP contribution in [0.3, 0.4) is 0 Å². The number of hydrogen-bond donors (Lipinski definition) is 2. The standard InChI is InChI=1S/C13H18N4O2S/c1-2-7-17-12(18)15-16-13(17)20-9-8-19-11-5-3-10(14)4-6-11/h3-6H,2,7-9,14H2,1H3,(H,15,18). The summed E-state index contributed by atoms with van der Waals surface area (Å²) in [6.45, 7) is 3.25. The van der Waals surface area contributed by atoms with Gasteiger partial charge >= 0.3 is 5.69 Å². The van der Waals surface area contributed by atoms with Gasteiger partial charge in [-0.1, -0.05) is 18.7 Å². The maximum absolute atomic E-state index is 11.5. The van der Waals surface area contributed by atoms with E-state index in [1.807, 2.05) is 19.1 Å². The summed E-state index contributed by atoms with van der Waals surface area (Å²) in [5.74, 6) is 1.51. The molecule has 0 aliphatic rings. The highest BCUT2D eigenvalue weighted by molar-refractivity contribution is 7.99. The Kier molecular flexibility index (Phi) is 5.11. The average molecular weight is 294 g/mol. The molecule has 0 spiro atoms. The molecule has 2 rings (SSSR count). The third-order valence-electron chi connectivity index (χ3n) is 2.63. The monoisotopic (exact) mass is 294 g/mol. The van der Waals surface area contributed by atoms with Crippen molar-refractivity contribution in [3.8, 4) is 5.75 Å². The van der Waals surface area contributed by atoms with Gasteiger partial charge < -0.3 is 10.5 Å². The second-order valence-electron chi connectivity index (χ2n) is 4.23. The minimum atomic E-state index is -0.159. The van der Waals surface area contributed by atoms with E-state index < -0.39 is 0 Å². The maximum Gasteiger partial charge on any atom is 0.343 e. The smallest absolute Gasteiger partial charge is 0.343 e. The number of hydrogen-bond acceptors (Lipinski definition) is 5. The fraction of sp³-hybridized carbons (Fsp3) is 0.385. The molecule has 0 saturated heterocycles. The molecule has 3 N–H and O–H groups in total. The van der Waals surface area contributed by atoms with Crippen molar-refractivity contribution in [3.63, 3.8) is 0 Å². The van der Waals surface area contributed by atoms with Gasteiger partial charge in [-0.3, -0.25) is 4.57 Å². The number of rotatable bonds is 7. The summed E-state index contributed by atoms with van der Waals surface area (Å²) in [6.07, 6.45) is 0.898. The number of aromatic amines is 1. The Balaban J connectivity index is 1.81. The zero-order chi connectivity index (χ0) is 14.4. The van der Waals surface area contributed by atoms with Gasteiger partial charge in [-0.25, -0.2) is 9.89 Å².